The number of esters is 1. The molecule has 0 saturated carbocycles. The molecule has 0 aromatic heterocycles. The van der Waals surface area contributed by atoms with Crippen molar-refractivity contribution < 1.29 is 14.3 Å². The van der Waals surface area contributed by atoms with E-state index in [1.165, 1.54) is 28.1 Å². The van der Waals surface area contributed by atoms with Gasteiger partial charge in [0.1, 0.15) is 0 Å². The zero-order chi connectivity index (χ0) is 21.7. The van der Waals surface area contributed by atoms with Crippen molar-refractivity contribution in [3.63, 3.8) is 0 Å². The van der Waals surface area contributed by atoms with Gasteiger partial charge in [0.15, 0.2) is 0 Å². The molecule has 4 heteroatoms. The van der Waals surface area contributed by atoms with Crippen LogP contribution in [0.25, 0.3) is 0 Å². The molecule has 1 aromatic rings. The summed E-state index contributed by atoms with van der Waals surface area (Å²) in [7, 11) is 0. The standard InChI is InChI=1S/C25H34O3Se/c1-8-13-28-21-17-19(29-14-10-18(3)15-22(26)27-9-2)16-20-23(21)25(6,7)12-11-24(20,4)5/h15-17H,8-9,11-13H2,1-7H3. The van der Waals surface area contributed by atoms with Crippen molar-refractivity contribution in [1.82, 2.24) is 0 Å². The van der Waals surface area contributed by atoms with Crippen LogP contribution in [0.15, 0.2) is 23.8 Å². The van der Waals surface area contributed by atoms with Gasteiger partial charge in [-0.1, -0.05) is 0 Å². The SMILES string of the molecule is CCCOc1cc([Se]C#CC(C)=CC(=O)OCC)cc2c1C(C)(C)CCC2(C)C. The molecule has 0 radical (unpaired) electrons. The van der Waals surface area contributed by atoms with Crippen LogP contribution in [0.3, 0.4) is 0 Å². The molecule has 1 aliphatic carbocycles. The van der Waals surface area contributed by atoms with Gasteiger partial charge in [-0.2, -0.15) is 0 Å². The van der Waals surface area contributed by atoms with Crippen LogP contribution in [0.1, 0.15) is 78.9 Å². The van der Waals surface area contributed by atoms with Gasteiger partial charge in [-0.05, 0) is 0 Å². The van der Waals surface area contributed by atoms with Crippen molar-refractivity contribution in [2.75, 3.05) is 13.2 Å². The summed E-state index contributed by atoms with van der Waals surface area (Å²) >= 11 is -0.0131. The maximum atomic E-state index is 11.5. The first-order valence-corrected chi connectivity index (χ1v) is 12.2. The van der Waals surface area contributed by atoms with Gasteiger partial charge in [0.2, 0.25) is 0 Å². The number of fused-ring (bicyclic) bond motifs is 1. The number of hydrogen-bond acceptors (Lipinski definition) is 3. The molecule has 29 heavy (non-hydrogen) atoms. The van der Waals surface area contributed by atoms with Crippen molar-refractivity contribution in [1.29, 1.82) is 0 Å². The molecule has 0 spiro atoms. The van der Waals surface area contributed by atoms with E-state index in [-0.39, 0.29) is 31.8 Å². The van der Waals surface area contributed by atoms with Gasteiger partial charge in [-0.3, -0.25) is 0 Å². The Morgan fingerprint density at radius 2 is 1.86 bits per heavy atom. The molecule has 3 nitrogen and oxygen atoms in total. The van der Waals surface area contributed by atoms with Gasteiger partial charge in [-0.25, -0.2) is 0 Å². The number of rotatable bonds is 6. The number of carbonyl (C=O) groups is 1. The molecule has 0 saturated heterocycles. The predicted octanol–water partition coefficient (Wildman–Crippen LogP) is 4.62. The normalized spacial score (nSPS) is 17.0. The van der Waals surface area contributed by atoms with E-state index in [9.17, 15) is 4.79 Å². The van der Waals surface area contributed by atoms with E-state index in [1.807, 2.05) is 6.92 Å². The van der Waals surface area contributed by atoms with Crippen LogP contribution in [-0.2, 0) is 20.4 Å². The van der Waals surface area contributed by atoms with E-state index >= 15 is 0 Å². The summed E-state index contributed by atoms with van der Waals surface area (Å²) in [5, 5.41) is 0. The molecule has 0 heterocycles. The Kier molecular flexibility index (Phi) is 8.03. The fourth-order valence-corrected chi connectivity index (χ4v) is 5.06. The molecular formula is C25H34O3Se. The van der Waals surface area contributed by atoms with E-state index < -0.39 is 0 Å². The van der Waals surface area contributed by atoms with Gasteiger partial charge >= 0.3 is 183 Å². The van der Waals surface area contributed by atoms with E-state index in [1.54, 1.807) is 6.92 Å². The Morgan fingerprint density at radius 1 is 1.17 bits per heavy atom. The Hall–Kier alpha value is -1.69. The summed E-state index contributed by atoms with van der Waals surface area (Å²) in [4.78, 5) is 14.8. The van der Waals surface area contributed by atoms with E-state index in [2.05, 4.69) is 57.5 Å². The van der Waals surface area contributed by atoms with Crippen LogP contribution in [0.4, 0.5) is 0 Å². The number of allylic oxidation sites excluding steroid dienone is 1. The van der Waals surface area contributed by atoms with Gasteiger partial charge < -0.3 is 0 Å². The van der Waals surface area contributed by atoms with Crippen molar-refractivity contribution in [2.45, 2.75) is 78.6 Å². The van der Waals surface area contributed by atoms with Crippen molar-refractivity contribution in [3.05, 3.63) is 34.9 Å². The predicted molar refractivity (Wildman–Crippen MR) is 121 cm³/mol. The fraction of sp³-hybridized carbons (Fsp3) is 0.560. The van der Waals surface area contributed by atoms with Crippen molar-refractivity contribution in [2.24, 2.45) is 0 Å². The van der Waals surface area contributed by atoms with Crippen LogP contribution in [0, 0.1) is 10.7 Å². The second kappa shape index (κ2) is 9.88. The average Bonchev–Trinajstić information content (AvgIpc) is 2.63. The molecule has 0 fully saturated rings. The maximum absolute atomic E-state index is 11.5. The molecule has 2 rings (SSSR count). The molecule has 0 amide bonds. The van der Waals surface area contributed by atoms with E-state index in [0.29, 0.717) is 6.61 Å². The Bertz CT molecular complexity index is 838. The second-order valence-electron chi connectivity index (χ2n) is 8.87. The molecule has 158 valence electrons. The molecule has 0 unspecified atom stereocenters. The third-order valence-electron chi connectivity index (χ3n) is 5.36. The van der Waals surface area contributed by atoms with Crippen LogP contribution >= 0.6 is 0 Å². The zero-order valence-corrected chi connectivity index (χ0v) is 20.6. The quantitative estimate of drug-likeness (QED) is 0.268. The molecule has 0 N–H and O–H groups in total. The van der Waals surface area contributed by atoms with Crippen molar-refractivity contribution >= 4 is 25.4 Å². The number of ether oxygens (including phenoxy) is 2. The zero-order valence-electron chi connectivity index (χ0n) is 18.9. The fourth-order valence-electron chi connectivity index (χ4n) is 3.65. The average molecular weight is 462 g/mol. The molecule has 0 atom stereocenters. The molecular weight excluding hydrogens is 427 g/mol. The van der Waals surface area contributed by atoms with Crippen LogP contribution in [0.2, 0.25) is 0 Å². The number of hydrogen-bond donors (Lipinski definition) is 0. The first-order chi connectivity index (χ1) is 13.6. The second-order valence-corrected chi connectivity index (χ2v) is 10.7. The van der Waals surface area contributed by atoms with Gasteiger partial charge in [0.05, 0.1) is 0 Å². The topological polar surface area (TPSA) is 35.5 Å². The third kappa shape index (κ3) is 6.14. The molecule has 0 bridgehead atoms. The van der Waals surface area contributed by atoms with Crippen LogP contribution in [0.5, 0.6) is 5.75 Å². The van der Waals surface area contributed by atoms with Crippen LogP contribution < -0.4 is 9.20 Å². The summed E-state index contributed by atoms with van der Waals surface area (Å²) in [6.07, 6.45) is 4.79. The van der Waals surface area contributed by atoms with Crippen molar-refractivity contribution in [3.8, 4) is 16.5 Å². The van der Waals surface area contributed by atoms with Gasteiger partial charge in [-0.15, -0.1) is 0 Å². The summed E-state index contributed by atoms with van der Waals surface area (Å²) in [6, 6.07) is 4.53. The van der Waals surface area contributed by atoms with E-state index in [4.69, 9.17) is 9.47 Å². The first-order valence-electron chi connectivity index (χ1n) is 10.5. The summed E-state index contributed by atoms with van der Waals surface area (Å²) in [6.45, 7) is 16.2. The minimum absolute atomic E-state index is 0.0131. The van der Waals surface area contributed by atoms with Gasteiger partial charge in [0, 0.05) is 0 Å². The van der Waals surface area contributed by atoms with Crippen LogP contribution in [-0.4, -0.2) is 34.1 Å². The molecule has 0 aliphatic heterocycles. The Balaban J connectivity index is 2.38. The molecule has 1 aromatic carbocycles. The summed E-state index contributed by atoms with van der Waals surface area (Å²) < 4.78 is 12.4. The Labute approximate surface area is 182 Å². The Morgan fingerprint density at radius 3 is 2.52 bits per heavy atom. The van der Waals surface area contributed by atoms with E-state index in [0.717, 1.165) is 30.8 Å². The first kappa shape index (κ1) is 23.6. The third-order valence-corrected chi connectivity index (χ3v) is 6.77. The number of carbonyl (C=O) groups excluding carboxylic acids is 1. The summed E-state index contributed by atoms with van der Waals surface area (Å²) in [5.41, 5.74) is 3.75. The summed E-state index contributed by atoms with van der Waals surface area (Å²) in [5.74, 6) is 3.79. The molecule has 1 aliphatic rings. The van der Waals surface area contributed by atoms with Gasteiger partial charge in [0.25, 0.3) is 0 Å². The monoisotopic (exact) mass is 462 g/mol. The minimum atomic E-state index is -0.334. The number of benzene rings is 1.